The molecule has 0 aromatic heterocycles. The smallest absolute Gasteiger partial charge is 0.387 e. The van der Waals surface area contributed by atoms with Gasteiger partial charge < -0.3 is 19.8 Å². The van der Waals surface area contributed by atoms with Crippen LogP contribution >= 0.6 is 7.82 Å². The molecular formula is C58H118N2O6P+. The minimum atomic E-state index is -4.33. The fraction of sp³-hybridized carbons (Fsp3) is 0.948. The molecule has 0 aliphatic carbocycles. The molecule has 0 heterocycles. The molecule has 0 aromatic carbocycles. The van der Waals surface area contributed by atoms with Crippen molar-refractivity contribution in [2.24, 2.45) is 0 Å². The number of likely N-dealkylation sites (N-methyl/N-ethyl adjacent to an activating group) is 1. The first-order chi connectivity index (χ1) is 32.5. The number of phosphoric ester groups is 1. The van der Waals surface area contributed by atoms with Gasteiger partial charge in [0.05, 0.1) is 39.9 Å². The van der Waals surface area contributed by atoms with E-state index in [9.17, 15) is 19.4 Å². The molecule has 3 atom stereocenters. The number of carbonyl (C=O) groups excluding carboxylic acids is 1. The molecule has 3 N–H and O–H groups in total. The highest BCUT2D eigenvalue weighted by Gasteiger charge is 2.27. The van der Waals surface area contributed by atoms with Crippen molar-refractivity contribution < 1.29 is 32.9 Å². The highest BCUT2D eigenvalue weighted by atomic mass is 31.2. The molecule has 67 heavy (non-hydrogen) atoms. The van der Waals surface area contributed by atoms with Gasteiger partial charge in [0.15, 0.2) is 0 Å². The maximum absolute atomic E-state index is 12.9. The maximum atomic E-state index is 12.9. The third-order valence-corrected chi connectivity index (χ3v) is 14.7. The zero-order valence-electron chi connectivity index (χ0n) is 45.7. The number of unbranched alkanes of at least 4 members (excludes halogenated alkanes) is 42. The first-order valence-electron chi connectivity index (χ1n) is 29.6. The standard InChI is InChI=1S/C58H117N2O6P/c1-6-8-10-12-14-16-18-19-20-21-22-23-24-25-26-27-28-29-30-31-32-33-34-35-36-37-38-39-40-41-42-44-46-48-50-52-58(62)59-56(55-66-67(63,64)65-54-53-60(3,4)5)57(61)51-49-47-45-43-17-15-13-11-9-7-2/h49,51,56-57,61H,6-48,50,52-55H2,1-5H3,(H-,59,62,63,64)/p+1/b51-49+/t56-,57+/m0/s1. The van der Waals surface area contributed by atoms with E-state index in [-0.39, 0.29) is 19.1 Å². The van der Waals surface area contributed by atoms with Gasteiger partial charge in [0.2, 0.25) is 5.91 Å². The van der Waals surface area contributed by atoms with Crippen molar-refractivity contribution in [3.8, 4) is 0 Å². The Balaban J connectivity index is 3.84. The SMILES string of the molecule is CCCCCCCCCC/C=C/[C@@H](O)[C@H](COP(=O)(O)OCC[N+](C)(C)C)NC(=O)CCCCCCCCCCCCCCCCCCCCCCCCCCCCCCCCCCCCC. The van der Waals surface area contributed by atoms with Crippen molar-refractivity contribution in [2.45, 2.75) is 315 Å². The van der Waals surface area contributed by atoms with E-state index in [0.29, 0.717) is 17.4 Å². The van der Waals surface area contributed by atoms with Gasteiger partial charge in [-0.1, -0.05) is 289 Å². The third kappa shape index (κ3) is 52.9. The second-order valence-corrected chi connectivity index (χ2v) is 23.2. The minimum absolute atomic E-state index is 0.0646. The van der Waals surface area contributed by atoms with Crippen LogP contribution in [0.5, 0.6) is 0 Å². The van der Waals surface area contributed by atoms with Crippen LogP contribution in [0.15, 0.2) is 12.2 Å². The zero-order chi connectivity index (χ0) is 49.2. The molecule has 0 aliphatic rings. The number of amides is 1. The number of carbonyl (C=O) groups is 1. The van der Waals surface area contributed by atoms with Crippen molar-refractivity contribution in [1.82, 2.24) is 5.32 Å². The molecule has 9 heteroatoms. The predicted octanol–water partition coefficient (Wildman–Crippen LogP) is 17.8. The van der Waals surface area contributed by atoms with Crippen LogP contribution in [0.1, 0.15) is 303 Å². The van der Waals surface area contributed by atoms with E-state index in [1.807, 2.05) is 27.2 Å². The van der Waals surface area contributed by atoms with E-state index < -0.39 is 20.0 Å². The number of quaternary nitrogens is 1. The van der Waals surface area contributed by atoms with E-state index in [2.05, 4.69) is 19.2 Å². The Labute approximate surface area is 418 Å². The summed E-state index contributed by atoms with van der Waals surface area (Å²) in [5, 5.41) is 13.8. The normalized spacial score (nSPS) is 14.0. The van der Waals surface area contributed by atoms with Gasteiger partial charge in [0.1, 0.15) is 13.2 Å². The van der Waals surface area contributed by atoms with Gasteiger partial charge in [-0.25, -0.2) is 4.57 Å². The summed E-state index contributed by atoms with van der Waals surface area (Å²) >= 11 is 0. The monoisotopic (exact) mass is 970 g/mol. The molecule has 8 nitrogen and oxygen atoms in total. The van der Waals surface area contributed by atoms with Crippen LogP contribution in [-0.2, 0) is 18.4 Å². The molecule has 0 spiro atoms. The number of aliphatic hydroxyl groups excluding tert-OH is 1. The van der Waals surface area contributed by atoms with E-state index >= 15 is 0 Å². The molecule has 1 unspecified atom stereocenters. The van der Waals surface area contributed by atoms with Crippen LogP contribution in [-0.4, -0.2) is 73.4 Å². The zero-order valence-corrected chi connectivity index (χ0v) is 46.6. The second-order valence-electron chi connectivity index (χ2n) is 21.7. The number of nitrogens with one attached hydrogen (secondary N) is 1. The Bertz CT molecular complexity index is 1100. The average molecular weight is 971 g/mol. The molecular weight excluding hydrogens is 852 g/mol. The van der Waals surface area contributed by atoms with Crippen molar-refractivity contribution in [1.29, 1.82) is 0 Å². The molecule has 0 rings (SSSR count). The van der Waals surface area contributed by atoms with Gasteiger partial charge in [-0.05, 0) is 19.3 Å². The molecule has 0 bridgehead atoms. The number of rotatable bonds is 55. The summed E-state index contributed by atoms with van der Waals surface area (Å²) in [6.45, 7) is 4.83. The largest absolute Gasteiger partial charge is 0.472 e. The highest BCUT2D eigenvalue weighted by Crippen LogP contribution is 2.43. The molecule has 400 valence electrons. The lowest BCUT2D eigenvalue weighted by atomic mass is 10.0. The second kappa shape index (κ2) is 50.2. The van der Waals surface area contributed by atoms with Crippen LogP contribution in [0.2, 0.25) is 0 Å². The van der Waals surface area contributed by atoms with Crippen molar-refractivity contribution >= 4 is 13.7 Å². The van der Waals surface area contributed by atoms with Crippen molar-refractivity contribution in [2.75, 3.05) is 40.9 Å². The van der Waals surface area contributed by atoms with Crippen molar-refractivity contribution in [3.63, 3.8) is 0 Å². The Kier molecular flexibility index (Phi) is 49.6. The molecule has 0 radical (unpaired) electrons. The van der Waals surface area contributed by atoms with Gasteiger partial charge in [-0.2, -0.15) is 0 Å². The first kappa shape index (κ1) is 66.2. The van der Waals surface area contributed by atoms with Crippen LogP contribution in [0.3, 0.4) is 0 Å². The van der Waals surface area contributed by atoms with Gasteiger partial charge in [0, 0.05) is 6.42 Å². The molecule has 0 saturated carbocycles. The third-order valence-electron chi connectivity index (χ3n) is 13.8. The maximum Gasteiger partial charge on any atom is 0.472 e. The summed E-state index contributed by atoms with van der Waals surface area (Å²) in [5.41, 5.74) is 0. The Morgan fingerprint density at radius 3 is 1.10 bits per heavy atom. The van der Waals surface area contributed by atoms with Gasteiger partial charge in [-0.15, -0.1) is 0 Å². The first-order valence-corrected chi connectivity index (χ1v) is 31.1. The summed E-state index contributed by atoms with van der Waals surface area (Å²) in [6, 6.07) is -0.840. The van der Waals surface area contributed by atoms with Gasteiger partial charge >= 0.3 is 7.82 Å². The van der Waals surface area contributed by atoms with E-state index in [1.54, 1.807) is 6.08 Å². The fourth-order valence-electron chi connectivity index (χ4n) is 9.10. The minimum Gasteiger partial charge on any atom is -0.387 e. The highest BCUT2D eigenvalue weighted by molar-refractivity contribution is 7.47. The Hall–Kier alpha value is -0.760. The lowest BCUT2D eigenvalue weighted by Gasteiger charge is -2.25. The fourth-order valence-corrected chi connectivity index (χ4v) is 9.84. The molecule has 0 fully saturated rings. The summed E-state index contributed by atoms with van der Waals surface area (Å²) in [7, 11) is 1.59. The number of aliphatic hydroxyl groups is 1. The number of allylic oxidation sites excluding steroid dienone is 1. The summed E-state index contributed by atoms with van der Waals surface area (Å²) in [4.78, 5) is 23.2. The van der Waals surface area contributed by atoms with Gasteiger partial charge in [0.25, 0.3) is 0 Å². The van der Waals surface area contributed by atoms with Crippen molar-refractivity contribution in [3.05, 3.63) is 12.2 Å². The topological polar surface area (TPSA) is 105 Å². The molecule has 0 aromatic rings. The van der Waals surface area contributed by atoms with Crippen LogP contribution in [0.4, 0.5) is 0 Å². The number of nitrogens with zero attached hydrogens (tertiary/aromatic N) is 1. The quantitative estimate of drug-likeness (QED) is 0.0243. The summed E-state index contributed by atoms with van der Waals surface area (Å²) in [6.07, 6.45) is 62.1. The average Bonchev–Trinajstić information content (AvgIpc) is 3.29. The predicted molar refractivity (Wildman–Crippen MR) is 291 cm³/mol. The number of hydrogen-bond acceptors (Lipinski definition) is 5. The van der Waals surface area contributed by atoms with Gasteiger partial charge in [-0.3, -0.25) is 13.8 Å². The Morgan fingerprint density at radius 1 is 0.493 bits per heavy atom. The molecule has 0 saturated heterocycles. The van der Waals surface area contributed by atoms with E-state index in [0.717, 1.165) is 38.5 Å². The number of phosphoric acid groups is 1. The lowest BCUT2D eigenvalue weighted by molar-refractivity contribution is -0.870. The lowest BCUT2D eigenvalue weighted by Crippen LogP contribution is -2.45. The molecule has 0 aliphatic heterocycles. The van der Waals surface area contributed by atoms with E-state index in [4.69, 9.17) is 9.05 Å². The number of hydrogen-bond donors (Lipinski definition) is 3. The Morgan fingerprint density at radius 2 is 0.791 bits per heavy atom. The molecule has 1 amide bonds. The summed E-state index contributed by atoms with van der Waals surface area (Å²) in [5.74, 6) is -0.172. The summed E-state index contributed by atoms with van der Waals surface area (Å²) < 4.78 is 23.6. The van der Waals surface area contributed by atoms with Crippen LogP contribution < -0.4 is 5.32 Å². The van der Waals surface area contributed by atoms with E-state index in [1.165, 1.54) is 244 Å². The van der Waals surface area contributed by atoms with Crippen LogP contribution in [0.25, 0.3) is 0 Å². The van der Waals surface area contributed by atoms with Crippen LogP contribution in [0, 0.1) is 0 Å².